The first-order valence-electron chi connectivity index (χ1n) is 4.78. The summed E-state index contributed by atoms with van der Waals surface area (Å²) in [6.07, 6.45) is -8.71. The third-order valence-electron chi connectivity index (χ3n) is 2.85. The maximum Gasteiger partial charge on any atom is 0.456 e. The van der Waals surface area contributed by atoms with Gasteiger partial charge in [0.15, 0.2) is 6.10 Å². The van der Waals surface area contributed by atoms with E-state index in [9.17, 15) is 27.1 Å². The molecule has 0 aromatic carbocycles. The highest BCUT2D eigenvalue weighted by Gasteiger charge is 2.63. The molecule has 0 radical (unpaired) electrons. The highest BCUT2D eigenvalue weighted by molar-refractivity contribution is 5.36. The molecule has 0 amide bonds. The van der Waals surface area contributed by atoms with Crippen molar-refractivity contribution in [2.75, 3.05) is 0 Å². The molecule has 17 heavy (non-hydrogen) atoms. The first kappa shape index (κ1) is 14.0. The Bertz CT molecular complexity index is 421. The zero-order valence-electron chi connectivity index (χ0n) is 9.41. The van der Waals surface area contributed by atoms with E-state index in [1.54, 1.807) is 6.92 Å². The van der Waals surface area contributed by atoms with Crippen molar-refractivity contribution in [1.29, 1.82) is 0 Å². The van der Waals surface area contributed by atoms with Gasteiger partial charge in [0.2, 0.25) is 0 Å². The molecule has 0 aliphatic carbocycles. The van der Waals surface area contributed by atoms with Crippen LogP contribution in [-0.4, -0.2) is 22.2 Å². The summed E-state index contributed by atoms with van der Waals surface area (Å²) >= 11 is 0. The van der Waals surface area contributed by atoms with Gasteiger partial charge in [0.05, 0.1) is 5.69 Å². The van der Waals surface area contributed by atoms with Crippen LogP contribution in [0.15, 0.2) is 0 Å². The number of hydrogen-bond acceptors (Lipinski definition) is 1. The number of aromatic nitrogens is 1. The fraction of sp³-hybridized carbons (Fsp3) is 0.600. The maximum atomic E-state index is 12.9. The summed E-state index contributed by atoms with van der Waals surface area (Å²) in [7, 11) is 0. The minimum absolute atomic E-state index is 0.207. The first-order valence-corrected chi connectivity index (χ1v) is 4.78. The molecule has 0 aliphatic rings. The van der Waals surface area contributed by atoms with Gasteiger partial charge in [-0.15, -0.1) is 0 Å². The molecule has 1 atom stereocenters. The van der Waals surface area contributed by atoms with Crippen LogP contribution in [0.2, 0.25) is 0 Å². The molecular weight excluding hydrogens is 245 g/mol. The number of aliphatic hydroxyl groups is 1. The van der Waals surface area contributed by atoms with Gasteiger partial charge in [-0.05, 0) is 31.9 Å². The Morgan fingerprint density at radius 1 is 1.00 bits per heavy atom. The number of aryl methyl sites for hydroxylation is 1. The van der Waals surface area contributed by atoms with Crippen LogP contribution in [0.4, 0.5) is 22.0 Å². The van der Waals surface area contributed by atoms with E-state index >= 15 is 0 Å². The standard InChI is InChI=1S/C10H12F5NO/c1-4-5(2)7(16-6(4)3)8(17)9(11,12)10(13,14)15/h8,16-17H,1-3H3. The number of halogens is 5. The van der Waals surface area contributed by atoms with Crippen LogP contribution in [0.5, 0.6) is 0 Å². The molecule has 0 fully saturated rings. The molecule has 0 spiro atoms. The second-order valence-electron chi connectivity index (χ2n) is 3.94. The molecule has 1 heterocycles. The lowest BCUT2D eigenvalue weighted by atomic mass is 10.0. The number of hydrogen-bond donors (Lipinski definition) is 2. The first-order chi connectivity index (χ1) is 7.50. The van der Waals surface area contributed by atoms with Crippen LogP contribution >= 0.6 is 0 Å². The number of aliphatic hydroxyl groups excluding tert-OH is 1. The van der Waals surface area contributed by atoms with Crippen molar-refractivity contribution in [2.45, 2.75) is 39.0 Å². The largest absolute Gasteiger partial charge is 0.456 e. The van der Waals surface area contributed by atoms with Crippen molar-refractivity contribution in [3.05, 3.63) is 22.5 Å². The van der Waals surface area contributed by atoms with Crippen molar-refractivity contribution < 1.29 is 27.1 Å². The lowest BCUT2D eigenvalue weighted by Crippen LogP contribution is -2.42. The number of nitrogens with one attached hydrogen (secondary N) is 1. The van der Waals surface area contributed by atoms with E-state index in [2.05, 4.69) is 4.98 Å². The Kier molecular flexibility index (Phi) is 3.26. The van der Waals surface area contributed by atoms with Crippen molar-refractivity contribution in [3.8, 4) is 0 Å². The molecule has 1 aromatic rings. The van der Waals surface area contributed by atoms with Crippen LogP contribution < -0.4 is 0 Å². The molecule has 2 nitrogen and oxygen atoms in total. The van der Waals surface area contributed by atoms with Gasteiger partial charge in [-0.1, -0.05) is 0 Å². The summed E-state index contributed by atoms with van der Waals surface area (Å²) in [4.78, 5) is 2.36. The third-order valence-corrected chi connectivity index (χ3v) is 2.85. The minimum Gasteiger partial charge on any atom is -0.380 e. The molecule has 98 valence electrons. The second-order valence-corrected chi connectivity index (χ2v) is 3.94. The normalized spacial score (nSPS) is 15.1. The number of aromatic amines is 1. The SMILES string of the molecule is Cc1[nH]c(C(O)C(F)(F)C(F)(F)F)c(C)c1C. The molecule has 2 N–H and O–H groups in total. The lowest BCUT2D eigenvalue weighted by molar-refractivity contribution is -0.315. The van der Waals surface area contributed by atoms with Crippen molar-refractivity contribution in [1.82, 2.24) is 4.98 Å². The molecule has 0 bridgehead atoms. The van der Waals surface area contributed by atoms with Gasteiger partial charge >= 0.3 is 12.1 Å². The summed E-state index contributed by atoms with van der Waals surface area (Å²) in [5, 5.41) is 9.20. The zero-order valence-corrected chi connectivity index (χ0v) is 9.41. The molecule has 1 aromatic heterocycles. The van der Waals surface area contributed by atoms with Crippen molar-refractivity contribution in [2.24, 2.45) is 0 Å². The highest BCUT2D eigenvalue weighted by Crippen LogP contribution is 2.45. The molecule has 7 heteroatoms. The lowest BCUT2D eigenvalue weighted by Gasteiger charge is -2.24. The Balaban J connectivity index is 3.21. The molecule has 0 saturated carbocycles. The van der Waals surface area contributed by atoms with Gasteiger partial charge in [-0.25, -0.2) is 0 Å². The van der Waals surface area contributed by atoms with E-state index in [1.807, 2.05) is 0 Å². The smallest absolute Gasteiger partial charge is 0.380 e. The zero-order chi connectivity index (χ0) is 13.6. The second kappa shape index (κ2) is 3.97. The quantitative estimate of drug-likeness (QED) is 0.784. The molecule has 0 aliphatic heterocycles. The van der Waals surface area contributed by atoms with Gasteiger partial charge in [0, 0.05) is 5.69 Å². The summed E-state index contributed by atoms with van der Waals surface area (Å²) in [5.41, 5.74) is 0.716. The Hall–Kier alpha value is -1.11. The van der Waals surface area contributed by atoms with E-state index in [1.165, 1.54) is 13.8 Å². The summed E-state index contributed by atoms with van der Waals surface area (Å²) < 4.78 is 62.1. The fourth-order valence-corrected chi connectivity index (χ4v) is 1.48. The maximum absolute atomic E-state index is 12.9. The van der Waals surface area contributed by atoms with Gasteiger partial charge in [0.1, 0.15) is 0 Å². The van der Waals surface area contributed by atoms with Gasteiger partial charge < -0.3 is 10.1 Å². The van der Waals surface area contributed by atoms with E-state index in [0.717, 1.165) is 0 Å². The topological polar surface area (TPSA) is 36.0 Å². The molecule has 1 unspecified atom stereocenters. The number of H-pyrrole nitrogens is 1. The number of rotatable bonds is 2. The Morgan fingerprint density at radius 3 is 1.76 bits per heavy atom. The number of alkyl halides is 5. The van der Waals surface area contributed by atoms with Crippen molar-refractivity contribution in [3.63, 3.8) is 0 Å². The average Bonchev–Trinajstić information content (AvgIpc) is 2.43. The Labute approximate surface area is 94.5 Å². The van der Waals surface area contributed by atoms with E-state index in [4.69, 9.17) is 0 Å². The summed E-state index contributed by atoms with van der Waals surface area (Å²) in [6, 6.07) is 0. The minimum atomic E-state index is -5.79. The third kappa shape index (κ3) is 2.15. The van der Waals surface area contributed by atoms with Crippen LogP contribution in [0.25, 0.3) is 0 Å². The highest BCUT2D eigenvalue weighted by atomic mass is 19.4. The Morgan fingerprint density at radius 2 is 1.47 bits per heavy atom. The molecular formula is C10H12F5NO. The predicted molar refractivity (Wildman–Crippen MR) is 51.0 cm³/mol. The van der Waals surface area contributed by atoms with Crippen LogP contribution in [0, 0.1) is 20.8 Å². The fourth-order valence-electron chi connectivity index (χ4n) is 1.48. The monoisotopic (exact) mass is 257 g/mol. The van der Waals surface area contributed by atoms with Crippen LogP contribution in [0.1, 0.15) is 28.6 Å². The average molecular weight is 257 g/mol. The van der Waals surface area contributed by atoms with E-state index < -0.39 is 23.9 Å². The van der Waals surface area contributed by atoms with Gasteiger partial charge in [-0.3, -0.25) is 0 Å². The predicted octanol–water partition coefficient (Wildman–Crippen LogP) is 3.17. The summed E-state index contributed by atoms with van der Waals surface area (Å²) in [5.74, 6) is -5.18. The van der Waals surface area contributed by atoms with E-state index in [-0.39, 0.29) is 5.56 Å². The molecule has 1 rings (SSSR count). The molecule has 0 saturated heterocycles. The van der Waals surface area contributed by atoms with Crippen LogP contribution in [-0.2, 0) is 0 Å². The van der Waals surface area contributed by atoms with Gasteiger partial charge in [-0.2, -0.15) is 22.0 Å². The van der Waals surface area contributed by atoms with E-state index in [0.29, 0.717) is 11.3 Å². The summed E-state index contributed by atoms with van der Waals surface area (Å²) in [6.45, 7) is 4.48. The van der Waals surface area contributed by atoms with Crippen molar-refractivity contribution >= 4 is 0 Å². The van der Waals surface area contributed by atoms with Gasteiger partial charge in [0.25, 0.3) is 0 Å². The van der Waals surface area contributed by atoms with Crippen LogP contribution in [0.3, 0.4) is 0 Å².